The van der Waals surface area contributed by atoms with Crippen molar-refractivity contribution in [2.45, 2.75) is 6.61 Å². The van der Waals surface area contributed by atoms with E-state index in [0.717, 1.165) is 10.1 Å². The molecule has 78 valence electrons. The van der Waals surface area contributed by atoms with Crippen molar-refractivity contribution in [1.29, 1.82) is 0 Å². The molecule has 2 aromatic rings. The number of hydrogen-bond donors (Lipinski definition) is 1. The van der Waals surface area contributed by atoms with E-state index in [9.17, 15) is 4.79 Å². The van der Waals surface area contributed by atoms with E-state index >= 15 is 0 Å². The molecular weight excluding hydrogens is 255 g/mol. The fourth-order valence-corrected chi connectivity index (χ4v) is 2.66. The fraction of sp³-hybridized carbons (Fsp3) is 0.100. The van der Waals surface area contributed by atoms with Crippen molar-refractivity contribution < 1.29 is 9.90 Å². The minimum Gasteiger partial charge on any atom is -0.392 e. The molecule has 0 bridgehead atoms. The van der Waals surface area contributed by atoms with Crippen LogP contribution in [0.5, 0.6) is 0 Å². The van der Waals surface area contributed by atoms with Crippen molar-refractivity contribution in [3.05, 3.63) is 33.7 Å². The lowest BCUT2D eigenvalue weighted by Crippen LogP contribution is -1.83. The molecule has 1 N–H and O–H groups in total. The first kappa shape index (κ1) is 10.9. The minimum absolute atomic E-state index is 0.114. The van der Waals surface area contributed by atoms with E-state index in [0.29, 0.717) is 15.5 Å². The van der Waals surface area contributed by atoms with Gasteiger partial charge in [-0.1, -0.05) is 11.6 Å². The van der Waals surface area contributed by atoms with Crippen LogP contribution in [0.15, 0.2) is 18.2 Å². The topological polar surface area (TPSA) is 37.3 Å². The van der Waals surface area contributed by atoms with E-state index in [1.165, 1.54) is 11.3 Å². The maximum atomic E-state index is 10.9. The quantitative estimate of drug-likeness (QED) is 0.841. The average molecular weight is 261 g/mol. The number of benzene rings is 1. The van der Waals surface area contributed by atoms with E-state index in [1.54, 1.807) is 18.2 Å². The van der Waals surface area contributed by atoms with Crippen molar-refractivity contribution in [3.63, 3.8) is 0 Å². The molecule has 1 aromatic carbocycles. The van der Waals surface area contributed by atoms with Crippen LogP contribution in [0.2, 0.25) is 5.02 Å². The van der Waals surface area contributed by atoms with Crippen molar-refractivity contribution in [3.8, 4) is 0 Å². The minimum atomic E-state index is -0.474. The fourth-order valence-electron chi connectivity index (χ4n) is 1.32. The molecule has 1 aromatic heterocycles. The van der Waals surface area contributed by atoms with E-state index in [1.807, 2.05) is 0 Å². The van der Waals surface area contributed by atoms with Gasteiger partial charge in [0.05, 0.1) is 11.5 Å². The van der Waals surface area contributed by atoms with Crippen LogP contribution >= 0.6 is 34.5 Å². The maximum Gasteiger partial charge on any atom is 0.262 e. The highest BCUT2D eigenvalue weighted by molar-refractivity contribution is 7.22. The Balaban J connectivity index is 2.66. The summed E-state index contributed by atoms with van der Waals surface area (Å²) in [6.07, 6.45) is 0. The predicted octanol–water partition coefficient (Wildman–Crippen LogP) is 3.43. The zero-order valence-electron chi connectivity index (χ0n) is 7.46. The van der Waals surface area contributed by atoms with Gasteiger partial charge in [0.2, 0.25) is 0 Å². The predicted molar refractivity (Wildman–Crippen MR) is 62.9 cm³/mol. The smallest absolute Gasteiger partial charge is 0.262 e. The average Bonchev–Trinajstić information content (AvgIpc) is 2.59. The summed E-state index contributed by atoms with van der Waals surface area (Å²) < 4.78 is 0.896. The molecule has 0 aliphatic carbocycles. The lowest BCUT2D eigenvalue weighted by atomic mass is 10.2. The molecule has 0 spiro atoms. The first-order valence-electron chi connectivity index (χ1n) is 4.14. The van der Waals surface area contributed by atoms with Crippen molar-refractivity contribution in [1.82, 2.24) is 0 Å². The van der Waals surface area contributed by atoms with Gasteiger partial charge < -0.3 is 5.11 Å². The summed E-state index contributed by atoms with van der Waals surface area (Å²) in [6, 6.07) is 5.19. The summed E-state index contributed by atoms with van der Waals surface area (Å²) in [5.74, 6) is 0. The molecule has 0 atom stereocenters. The first-order valence-corrected chi connectivity index (χ1v) is 5.71. The molecule has 2 rings (SSSR count). The molecule has 0 aliphatic heterocycles. The van der Waals surface area contributed by atoms with Gasteiger partial charge in [0.15, 0.2) is 0 Å². The third kappa shape index (κ3) is 2.01. The maximum absolute atomic E-state index is 10.9. The highest BCUT2D eigenvalue weighted by Gasteiger charge is 2.09. The second-order valence-corrected chi connectivity index (χ2v) is 4.86. The normalized spacial score (nSPS) is 10.9. The monoisotopic (exact) mass is 260 g/mol. The van der Waals surface area contributed by atoms with Crippen LogP contribution in [0, 0.1) is 0 Å². The molecule has 1 heterocycles. The Kier molecular flexibility index (Phi) is 2.98. The SMILES string of the molecule is O=C(Cl)c1cc2cc(Cl)c(CO)cc2s1. The number of halogens is 2. The molecular formula is C10H6Cl2O2S. The number of rotatable bonds is 2. The van der Waals surface area contributed by atoms with Crippen molar-refractivity contribution >= 4 is 49.9 Å². The number of carbonyl (C=O) groups is 1. The van der Waals surface area contributed by atoms with Gasteiger partial charge in [-0.25, -0.2) is 0 Å². The Hall–Kier alpha value is -0.610. The van der Waals surface area contributed by atoms with E-state index in [4.69, 9.17) is 28.3 Å². The van der Waals surface area contributed by atoms with Crippen LogP contribution in [0.1, 0.15) is 15.2 Å². The highest BCUT2D eigenvalue weighted by Crippen LogP contribution is 2.31. The number of hydrogen-bond acceptors (Lipinski definition) is 3. The molecule has 15 heavy (non-hydrogen) atoms. The second-order valence-electron chi connectivity index (χ2n) is 3.02. The van der Waals surface area contributed by atoms with Crippen LogP contribution < -0.4 is 0 Å². The third-order valence-electron chi connectivity index (χ3n) is 2.05. The summed E-state index contributed by atoms with van der Waals surface area (Å²) in [7, 11) is 0. The van der Waals surface area contributed by atoms with Gasteiger partial charge in [0.1, 0.15) is 0 Å². The van der Waals surface area contributed by atoms with Gasteiger partial charge in [-0.05, 0) is 40.7 Å². The zero-order valence-corrected chi connectivity index (χ0v) is 9.79. The molecule has 0 fully saturated rings. The van der Waals surface area contributed by atoms with Gasteiger partial charge >= 0.3 is 0 Å². The summed E-state index contributed by atoms with van der Waals surface area (Å²) in [4.78, 5) is 11.4. The van der Waals surface area contributed by atoms with E-state index in [-0.39, 0.29) is 6.61 Å². The summed E-state index contributed by atoms with van der Waals surface area (Å²) >= 11 is 12.6. The Bertz CT molecular complexity index is 533. The van der Waals surface area contributed by atoms with Gasteiger partial charge in [-0.3, -0.25) is 4.79 Å². The Labute approximate surface area is 100 Å². The number of carbonyl (C=O) groups excluding carboxylic acids is 1. The van der Waals surface area contributed by atoms with E-state index in [2.05, 4.69) is 0 Å². The molecule has 0 aliphatic rings. The first-order chi connectivity index (χ1) is 7.11. The van der Waals surface area contributed by atoms with Gasteiger partial charge in [-0.2, -0.15) is 0 Å². The standard InChI is InChI=1S/C10H6Cl2O2S/c11-7-1-5-2-9(10(12)14)15-8(5)3-6(7)4-13/h1-3,13H,4H2. The van der Waals surface area contributed by atoms with Crippen LogP contribution in [0.3, 0.4) is 0 Å². The van der Waals surface area contributed by atoms with Crippen LogP contribution in [-0.2, 0) is 6.61 Å². The van der Waals surface area contributed by atoms with Crippen LogP contribution in [0.25, 0.3) is 10.1 Å². The highest BCUT2D eigenvalue weighted by atomic mass is 35.5. The lowest BCUT2D eigenvalue weighted by molar-refractivity contribution is 0.108. The number of thiophene rings is 1. The van der Waals surface area contributed by atoms with Crippen LogP contribution in [0.4, 0.5) is 0 Å². The molecule has 5 heteroatoms. The Morgan fingerprint density at radius 1 is 1.40 bits per heavy atom. The molecule has 0 saturated heterocycles. The number of aliphatic hydroxyl groups is 1. The largest absolute Gasteiger partial charge is 0.392 e. The zero-order chi connectivity index (χ0) is 11.0. The lowest BCUT2D eigenvalue weighted by Gasteiger charge is -1.99. The molecule has 0 unspecified atom stereocenters. The number of aliphatic hydroxyl groups excluding tert-OH is 1. The van der Waals surface area contributed by atoms with Gasteiger partial charge in [0, 0.05) is 9.72 Å². The Morgan fingerprint density at radius 3 is 2.73 bits per heavy atom. The van der Waals surface area contributed by atoms with Crippen LogP contribution in [-0.4, -0.2) is 10.3 Å². The number of fused-ring (bicyclic) bond motifs is 1. The summed E-state index contributed by atoms with van der Waals surface area (Å²) in [6.45, 7) is -0.114. The van der Waals surface area contributed by atoms with E-state index < -0.39 is 5.24 Å². The van der Waals surface area contributed by atoms with Crippen molar-refractivity contribution in [2.75, 3.05) is 0 Å². The summed E-state index contributed by atoms with van der Waals surface area (Å²) in [5, 5.41) is 9.91. The molecule has 0 radical (unpaired) electrons. The molecule has 0 amide bonds. The van der Waals surface area contributed by atoms with Gasteiger partial charge in [-0.15, -0.1) is 11.3 Å². The third-order valence-corrected chi connectivity index (χ3v) is 3.81. The van der Waals surface area contributed by atoms with Gasteiger partial charge in [0.25, 0.3) is 5.24 Å². The second kappa shape index (κ2) is 4.10. The molecule has 2 nitrogen and oxygen atoms in total. The molecule has 0 saturated carbocycles. The van der Waals surface area contributed by atoms with Crippen molar-refractivity contribution in [2.24, 2.45) is 0 Å². The summed E-state index contributed by atoms with van der Waals surface area (Å²) in [5.41, 5.74) is 0.652. The Morgan fingerprint density at radius 2 is 2.13 bits per heavy atom.